The summed E-state index contributed by atoms with van der Waals surface area (Å²) in [5.74, 6) is 0.221. The molecule has 1 aliphatic rings. The van der Waals surface area contributed by atoms with Crippen LogP contribution in [0, 0.1) is 6.92 Å². The highest BCUT2D eigenvalue weighted by Gasteiger charge is 2.27. The Bertz CT molecular complexity index is 423. The van der Waals surface area contributed by atoms with Gasteiger partial charge in [-0.2, -0.15) is 0 Å². The van der Waals surface area contributed by atoms with E-state index in [0.717, 1.165) is 11.3 Å². The van der Waals surface area contributed by atoms with Crippen molar-refractivity contribution in [2.75, 3.05) is 5.75 Å². The van der Waals surface area contributed by atoms with Crippen molar-refractivity contribution in [2.24, 2.45) is 0 Å². The van der Waals surface area contributed by atoms with Gasteiger partial charge >= 0.3 is 0 Å². The second-order valence-electron chi connectivity index (χ2n) is 2.99. The van der Waals surface area contributed by atoms with Crippen LogP contribution in [0.4, 0.5) is 0 Å². The van der Waals surface area contributed by atoms with Crippen molar-refractivity contribution in [3.63, 3.8) is 0 Å². The molecule has 0 N–H and O–H groups in total. The quantitative estimate of drug-likeness (QED) is 0.595. The highest BCUT2D eigenvalue weighted by Crippen LogP contribution is 2.23. The SMILES string of the molecule is Cc1ccc2c(n1)S(=O)(=O)CC2. The molecule has 0 spiro atoms. The second kappa shape index (κ2) is 2.29. The first-order valence-corrected chi connectivity index (χ1v) is 5.44. The summed E-state index contributed by atoms with van der Waals surface area (Å²) in [6.45, 7) is 1.80. The molecule has 12 heavy (non-hydrogen) atoms. The smallest absolute Gasteiger partial charge is 0.196 e. The van der Waals surface area contributed by atoms with E-state index in [1.807, 2.05) is 12.1 Å². The van der Waals surface area contributed by atoms with Crippen molar-refractivity contribution in [3.05, 3.63) is 23.4 Å². The van der Waals surface area contributed by atoms with Crippen molar-refractivity contribution in [3.8, 4) is 0 Å². The van der Waals surface area contributed by atoms with Gasteiger partial charge in [-0.3, -0.25) is 0 Å². The third-order valence-electron chi connectivity index (χ3n) is 2.01. The first-order valence-electron chi connectivity index (χ1n) is 3.79. The predicted molar refractivity (Wildman–Crippen MR) is 44.7 cm³/mol. The van der Waals surface area contributed by atoms with Gasteiger partial charge in [0.1, 0.15) is 0 Å². The molecule has 0 saturated heterocycles. The maximum absolute atomic E-state index is 11.3. The fraction of sp³-hybridized carbons (Fsp3) is 0.375. The molecule has 1 aromatic rings. The van der Waals surface area contributed by atoms with E-state index in [1.165, 1.54) is 0 Å². The topological polar surface area (TPSA) is 47.0 Å². The van der Waals surface area contributed by atoms with E-state index in [1.54, 1.807) is 6.92 Å². The van der Waals surface area contributed by atoms with Gasteiger partial charge in [0.25, 0.3) is 0 Å². The van der Waals surface area contributed by atoms with Gasteiger partial charge in [-0.15, -0.1) is 0 Å². The van der Waals surface area contributed by atoms with E-state index in [-0.39, 0.29) is 5.75 Å². The number of sulfone groups is 1. The summed E-state index contributed by atoms with van der Waals surface area (Å²) in [5, 5.41) is 0.294. The first kappa shape index (κ1) is 7.73. The molecule has 2 rings (SSSR count). The fourth-order valence-corrected chi connectivity index (χ4v) is 2.90. The lowest BCUT2D eigenvalue weighted by molar-refractivity contribution is 0.596. The third-order valence-corrected chi connectivity index (χ3v) is 3.70. The van der Waals surface area contributed by atoms with Crippen LogP contribution >= 0.6 is 0 Å². The molecule has 0 radical (unpaired) electrons. The van der Waals surface area contributed by atoms with Gasteiger partial charge in [0.2, 0.25) is 0 Å². The Morgan fingerprint density at radius 2 is 2.17 bits per heavy atom. The van der Waals surface area contributed by atoms with Crippen LogP contribution in [0.15, 0.2) is 17.2 Å². The van der Waals surface area contributed by atoms with Crippen LogP contribution in [0.3, 0.4) is 0 Å². The normalized spacial score (nSPS) is 19.1. The average Bonchev–Trinajstić information content (AvgIpc) is 2.28. The minimum atomic E-state index is -3.04. The zero-order valence-electron chi connectivity index (χ0n) is 6.74. The van der Waals surface area contributed by atoms with Crippen LogP contribution in [-0.4, -0.2) is 19.2 Å². The summed E-state index contributed by atoms with van der Waals surface area (Å²) in [7, 11) is -3.04. The van der Waals surface area contributed by atoms with Crippen molar-refractivity contribution in [2.45, 2.75) is 18.4 Å². The van der Waals surface area contributed by atoms with Crippen LogP contribution in [0.5, 0.6) is 0 Å². The average molecular weight is 183 g/mol. The largest absolute Gasteiger partial charge is 0.241 e. The van der Waals surface area contributed by atoms with E-state index in [0.29, 0.717) is 11.4 Å². The van der Waals surface area contributed by atoms with E-state index in [4.69, 9.17) is 0 Å². The van der Waals surface area contributed by atoms with Crippen LogP contribution < -0.4 is 0 Å². The summed E-state index contributed by atoms with van der Waals surface area (Å²) < 4.78 is 22.7. The standard InChI is InChI=1S/C8H9NO2S/c1-6-2-3-7-4-5-12(10,11)8(7)9-6/h2-3H,4-5H2,1H3. The zero-order chi connectivity index (χ0) is 8.77. The number of aromatic nitrogens is 1. The van der Waals surface area contributed by atoms with Crippen molar-refractivity contribution >= 4 is 9.84 Å². The molecule has 4 heteroatoms. The molecule has 0 bridgehead atoms. The molecular formula is C8H9NO2S. The van der Waals surface area contributed by atoms with Crippen LogP contribution in [-0.2, 0) is 16.3 Å². The number of hydrogen-bond acceptors (Lipinski definition) is 3. The third kappa shape index (κ3) is 1.03. The molecular weight excluding hydrogens is 174 g/mol. The summed E-state index contributed by atoms with van der Waals surface area (Å²) in [5.41, 5.74) is 1.62. The van der Waals surface area contributed by atoms with E-state index in [2.05, 4.69) is 4.98 Å². The lowest BCUT2D eigenvalue weighted by atomic mass is 10.2. The predicted octanol–water partition coefficient (Wildman–Crippen LogP) is 0.720. The Morgan fingerprint density at radius 3 is 2.92 bits per heavy atom. The molecule has 0 aliphatic carbocycles. The van der Waals surface area contributed by atoms with E-state index in [9.17, 15) is 8.42 Å². The molecule has 0 saturated carbocycles. The summed E-state index contributed by atoms with van der Waals surface area (Å²) in [4.78, 5) is 4.02. The molecule has 1 aliphatic heterocycles. The number of fused-ring (bicyclic) bond motifs is 1. The fourth-order valence-electron chi connectivity index (χ4n) is 1.36. The molecule has 3 nitrogen and oxygen atoms in total. The van der Waals surface area contributed by atoms with Crippen molar-refractivity contribution in [1.29, 1.82) is 0 Å². The van der Waals surface area contributed by atoms with Gasteiger partial charge in [-0.25, -0.2) is 13.4 Å². The molecule has 0 aromatic carbocycles. The van der Waals surface area contributed by atoms with Gasteiger partial charge in [-0.05, 0) is 25.0 Å². The Balaban J connectivity index is 2.73. The molecule has 2 heterocycles. The lowest BCUT2D eigenvalue weighted by Crippen LogP contribution is -2.01. The Hall–Kier alpha value is -0.900. The lowest BCUT2D eigenvalue weighted by Gasteiger charge is -1.97. The minimum absolute atomic E-state index is 0.221. The number of rotatable bonds is 0. The monoisotopic (exact) mass is 183 g/mol. The Morgan fingerprint density at radius 1 is 1.42 bits per heavy atom. The van der Waals surface area contributed by atoms with Gasteiger partial charge in [0.05, 0.1) is 5.75 Å². The summed E-state index contributed by atoms with van der Waals surface area (Å²) in [6, 6.07) is 3.70. The van der Waals surface area contributed by atoms with Crippen molar-refractivity contribution < 1.29 is 8.42 Å². The molecule has 0 fully saturated rings. The Labute approximate surface area is 71.4 Å². The van der Waals surface area contributed by atoms with Crippen LogP contribution in [0.2, 0.25) is 0 Å². The van der Waals surface area contributed by atoms with Crippen molar-refractivity contribution in [1.82, 2.24) is 4.98 Å². The number of aryl methyl sites for hydroxylation is 2. The molecule has 0 amide bonds. The van der Waals surface area contributed by atoms with Gasteiger partial charge in [0.15, 0.2) is 14.9 Å². The Kier molecular flexibility index (Phi) is 1.48. The minimum Gasteiger partial charge on any atom is -0.241 e. The number of hydrogen-bond donors (Lipinski definition) is 0. The first-order chi connectivity index (χ1) is 5.59. The molecule has 0 atom stereocenters. The summed E-state index contributed by atoms with van der Waals surface area (Å²) in [6.07, 6.45) is 0.616. The highest BCUT2D eigenvalue weighted by molar-refractivity contribution is 7.91. The zero-order valence-corrected chi connectivity index (χ0v) is 7.56. The maximum Gasteiger partial charge on any atom is 0.196 e. The number of nitrogens with zero attached hydrogens (tertiary/aromatic N) is 1. The van der Waals surface area contributed by atoms with Gasteiger partial charge in [-0.1, -0.05) is 6.07 Å². The van der Waals surface area contributed by atoms with E-state index < -0.39 is 9.84 Å². The van der Waals surface area contributed by atoms with Crippen LogP contribution in [0.1, 0.15) is 11.3 Å². The van der Waals surface area contributed by atoms with E-state index >= 15 is 0 Å². The summed E-state index contributed by atoms with van der Waals surface area (Å²) >= 11 is 0. The second-order valence-corrected chi connectivity index (χ2v) is 5.01. The molecule has 1 aromatic heterocycles. The maximum atomic E-state index is 11.3. The van der Waals surface area contributed by atoms with Gasteiger partial charge < -0.3 is 0 Å². The van der Waals surface area contributed by atoms with Gasteiger partial charge in [0, 0.05) is 5.69 Å². The molecule has 64 valence electrons. The highest BCUT2D eigenvalue weighted by atomic mass is 32.2. The number of pyridine rings is 1. The van der Waals surface area contributed by atoms with Crippen LogP contribution in [0.25, 0.3) is 0 Å². The molecule has 0 unspecified atom stereocenters.